The molecule has 0 saturated carbocycles. The highest BCUT2D eigenvalue weighted by Gasteiger charge is 2.40. The highest BCUT2D eigenvalue weighted by molar-refractivity contribution is 6.01. The fraction of sp³-hybridized carbons (Fsp3) is 0.0714. The van der Waals surface area contributed by atoms with Gasteiger partial charge in [0.05, 0.1) is 22.2 Å². The Morgan fingerprint density at radius 1 is 0.640 bits per heavy atom. The van der Waals surface area contributed by atoms with Crippen LogP contribution in [-0.2, 0) is 5.54 Å². The minimum absolute atomic E-state index is 0.0406. The highest BCUT2D eigenvalue weighted by atomic mass is 16.5. The number of pyridine rings is 1. The van der Waals surface area contributed by atoms with E-state index in [9.17, 15) is 0 Å². The van der Waals surface area contributed by atoms with Crippen molar-refractivity contribution in [3.63, 3.8) is 0 Å². The van der Waals surface area contributed by atoms with Crippen LogP contribution in [0.5, 0.6) is 0 Å². The first kappa shape index (κ1) is 29.5. The molecule has 0 aliphatic rings. The number of nitrogens with one attached hydrogen (secondary N) is 1. The number of hydrogen-bond donors (Lipinski definition) is 1. The lowest BCUT2D eigenvalue weighted by molar-refractivity contribution is 0.418. The van der Waals surface area contributed by atoms with Crippen molar-refractivity contribution in [2.75, 3.05) is 0 Å². The van der Waals surface area contributed by atoms with Gasteiger partial charge in [0.2, 0.25) is 5.82 Å². The Morgan fingerprint density at radius 3 is 1.76 bits per heavy atom. The third kappa shape index (κ3) is 4.80. The molecule has 4 heterocycles. The zero-order valence-corrected chi connectivity index (χ0v) is 27.2. The summed E-state index contributed by atoms with van der Waals surface area (Å²) >= 11 is 0. The Hall–Kier alpha value is -6.67. The van der Waals surface area contributed by atoms with Crippen LogP contribution in [0.25, 0.3) is 44.9 Å². The zero-order chi connectivity index (χ0) is 33.5. The van der Waals surface area contributed by atoms with Gasteiger partial charge in [-0.3, -0.25) is 14.8 Å². The average Bonchev–Trinajstić information content (AvgIpc) is 3.94. The molecule has 0 aliphatic heterocycles. The molecule has 1 N–H and O–H groups in total. The molecule has 50 heavy (non-hydrogen) atoms. The molecule has 5 aromatic carbocycles. The molecule has 0 saturated heterocycles. The quantitative estimate of drug-likeness (QED) is 0.165. The van der Waals surface area contributed by atoms with Gasteiger partial charge in [-0.15, -0.1) is 0 Å². The molecule has 4 aromatic heterocycles. The second-order valence-electron chi connectivity index (χ2n) is 12.4. The second-order valence-corrected chi connectivity index (χ2v) is 12.4. The van der Waals surface area contributed by atoms with E-state index in [2.05, 4.69) is 142 Å². The molecule has 1 unspecified atom stereocenters. The number of fused-ring (bicyclic) bond motifs is 2. The van der Waals surface area contributed by atoms with Crippen LogP contribution in [-0.4, -0.2) is 34.9 Å². The van der Waals surface area contributed by atoms with Crippen LogP contribution in [0.15, 0.2) is 163 Å². The summed E-state index contributed by atoms with van der Waals surface area (Å²) in [5.41, 5.74) is 7.99. The predicted molar refractivity (Wildman–Crippen MR) is 194 cm³/mol. The van der Waals surface area contributed by atoms with Crippen LogP contribution < -0.4 is 0 Å². The number of hydrogen-bond acceptors (Lipinski definition) is 6. The van der Waals surface area contributed by atoms with E-state index < -0.39 is 5.54 Å². The summed E-state index contributed by atoms with van der Waals surface area (Å²) in [5, 5.41) is 9.17. The Kier molecular flexibility index (Phi) is 7.13. The van der Waals surface area contributed by atoms with E-state index in [0.29, 0.717) is 17.5 Å². The van der Waals surface area contributed by atoms with E-state index in [4.69, 9.17) is 19.5 Å². The summed E-state index contributed by atoms with van der Waals surface area (Å²) in [4.78, 5) is 18.9. The zero-order valence-electron chi connectivity index (χ0n) is 27.2. The second kappa shape index (κ2) is 12.1. The number of imidazole rings is 1. The van der Waals surface area contributed by atoms with Gasteiger partial charge in [-0.2, -0.15) is 4.98 Å². The number of aromatic amines is 1. The molecular weight excluding hydrogens is 619 g/mol. The van der Waals surface area contributed by atoms with Crippen LogP contribution in [0.1, 0.15) is 40.9 Å². The van der Waals surface area contributed by atoms with E-state index in [1.54, 1.807) is 0 Å². The maximum Gasteiger partial charge on any atom is 0.295 e. The molecule has 9 aromatic rings. The summed E-state index contributed by atoms with van der Waals surface area (Å²) in [6, 6.07) is 50.2. The Morgan fingerprint density at radius 2 is 1.18 bits per heavy atom. The van der Waals surface area contributed by atoms with E-state index in [1.165, 1.54) is 0 Å². The van der Waals surface area contributed by atoms with E-state index in [1.807, 2.05) is 42.7 Å². The van der Waals surface area contributed by atoms with Gasteiger partial charge in [-0.25, -0.2) is 9.97 Å². The smallest absolute Gasteiger partial charge is 0.295 e. The largest absolute Gasteiger partial charge is 0.330 e. The lowest BCUT2D eigenvalue weighted by Crippen LogP contribution is -2.38. The molecule has 1 atom stereocenters. The maximum atomic E-state index is 5.74. The minimum Gasteiger partial charge on any atom is -0.330 e. The van der Waals surface area contributed by atoms with Crippen molar-refractivity contribution in [1.29, 1.82) is 0 Å². The molecule has 8 heteroatoms. The first-order valence-electron chi connectivity index (χ1n) is 16.6. The third-order valence-corrected chi connectivity index (χ3v) is 9.48. The summed E-state index contributed by atoms with van der Waals surface area (Å²) in [6.07, 6.45) is 3.63. The van der Waals surface area contributed by atoms with Gasteiger partial charge in [0.1, 0.15) is 5.54 Å². The summed E-state index contributed by atoms with van der Waals surface area (Å²) < 4.78 is 8.02. The number of nitrogens with zero attached hydrogens (tertiary/aromatic N) is 6. The highest BCUT2D eigenvalue weighted by Crippen LogP contribution is 2.44. The first-order valence-corrected chi connectivity index (χ1v) is 16.6. The van der Waals surface area contributed by atoms with Gasteiger partial charge in [-0.05, 0) is 46.5 Å². The Bertz CT molecular complexity index is 2450. The van der Waals surface area contributed by atoms with E-state index in [0.717, 1.165) is 55.4 Å². The molecule has 0 radical (unpaired) electrons. The van der Waals surface area contributed by atoms with Crippen molar-refractivity contribution in [2.45, 2.75) is 18.4 Å². The van der Waals surface area contributed by atoms with Crippen molar-refractivity contribution in [1.82, 2.24) is 34.9 Å². The van der Waals surface area contributed by atoms with Crippen molar-refractivity contribution in [3.05, 3.63) is 186 Å². The topological polar surface area (TPSA) is 98.3 Å². The molecule has 0 amide bonds. The van der Waals surface area contributed by atoms with Crippen LogP contribution in [0.3, 0.4) is 0 Å². The number of H-pyrrole nitrogens is 1. The van der Waals surface area contributed by atoms with Gasteiger partial charge in [0.15, 0.2) is 5.82 Å². The van der Waals surface area contributed by atoms with Crippen molar-refractivity contribution in [2.24, 2.45) is 0 Å². The van der Waals surface area contributed by atoms with Gasteiger partial charge in [0, 0.05) is 29.3 Å². The van der Waals surface area contributed by atoms with Gasteiger partial charge in [0.25, 0.3) is 5.89 Å². The number of aromatic nitrogens is 7. The Balaban J connectivity index is 1.30. The fourth-order valence-corrected chi connectivity index (χ4v) is 7.03. The molecule has 9 rings (SSSR count). The van der Waals surface area contributed by atoms with Crippen molar-refractivity contribution in [3.8, 4) is 23.0 Å². The normalized spacial score (nSPS) is 12.4. The maximum absolute atomic E-state index is 5.74. The molecule has 8 nitrogen and oxygen atoms in total. The molecule has 0 spiro atoms. The lowest BCUT2D eigenvalue weighted by Gasteiger charge is -2.37. The molecule has 0 fully saturated rings. The Labute approximate surface area is 288 Å². The summed E-state index contributed by atoms with van der Waals surface area (Å²) in [6.45, 7) is 2.06. The van der Waals surface area contributed by atoms with Crippen molar-refractivity contribution >= 4 is 21.9 Å². The van der Waals surface area contributed by atoms with Gasteiger partial charge < -0.3 is 4.52 Å². The average molecular weight is 650 g/mol. The van der Waals surface area contributed by atoms with Crippen LogP contribution in [0, 0.1) is 0 Å². The van der Waals surface area contributed by atoms with Crippen LogP contribution >= 0.6 is 0 Å². The molecule has 240 valence electrons. The third-order valence-electron chi connectivity index (χ3n) is 9.48. The van der Waals surface area contributed by atoms with Gasteiger partial charge in [-0.1, -0.05) is 133 Å². The summed E-state index contributed by atoms with van der Waals surface area (Å²) in [5.74, 6) is 1.23. The minimum atomic E-state index is -0.779. The molecule has 0 bridgehead atoms. The van der Waals surface area contributed by atoms with Crippen molar-refractivity contribution < 1.29 is 4.52 Å². The predicted octanol–water partition coefficient (Wildman–Crippen LogP) is 9.02. The van der Waals surface area contributed by atoms with Gasteiger partial charge >= 0.3 is 0 Å². The number of rotatable bonds is 8. The molecule has 0 aliphatic carbocycles. The summed E-state index contributed by atoms with van der Waals surface area (Å²) in [7, 11) is 0. The van der Waals surface area contributed by atoms with E-state index >= 15 is 0 Å². The fourth-order valence-electron chi connectivity index (χ4n) is 7.03. The van der Waals surface area contributed by atoms with E-state index in [-0.39, 0.29) is 5.92 Å². The van der Waals surface area contributed by atoms with Crippen LogP contribution in [0.4, 0.5) is 0 Å². The lowest BCUT2D eigenvalue weighted by atomic mass is 9.77. The SMILES string of the molecule is CC(c1ccccc1)c1noc(-c2nc3cc4c(-c5ccncc5)[nH]n(C(c5ccccc5)(c5ccccc5)c5ccccc5)c4cc3n2)n1. The number of benzene rings is 5. The standard InChI is InChI=1S/C42H31N7O/c1-28(29-14-6-2-7-15-29)39-46-41(50-48-39)40-44-35-26-34-37(27-36(35)45-40)49(47-38(34)30-22-24-43-25-23-30)42(31-16-8-3-9-17-31,32-18-10-4-11-19-32)33-20-12-5-13-21-33/h2-28,47H,1H3. The molecular formula is C42H31N7O. The van der Waals surface area contributed by atoms with Crippen LogP contribution in [0.2, 0.25) is 0 Å². The first-order chi connectivity index (χ1) is 24.7. The monoisotopic (exact) mass is 649 g/mol.